The number of rotatable bonds is 2. The highest BCUT2D eigenvalue weighted by molar-refractivity contribution is 5.88. The predicted octanol–water partition coefficient (Wildman–Crippen LogP) is 2.65. The van der Waals surface area contributed by atoms with Crippen molar-refractivity contribution < 1.29 is 4.74 Å². The molecule has 0 amide bonds. The summed E-state index contributed by atoms with van der Waals surface area (Å²) in [5, 5.41) is 8.40. The molecule has 1 aliphatic carbocycles. The molecule has 0 radical (unpaired) electrons. The molecule has 1 N–H and O–H groups in total. The molecule has 2 fully saturated rings. The Morgan fingerprint density at radius 1 is 1.25 bits per heavy atom. The zero-order chi connectivity index (χ0) is 11.6. The van der Waals surface area contributed by atoms with Crippen LogP contribution >= 0.6 is 0 Å². The van der Waals surface area contributed by atoms with Crippen molar-refractivity contribution in [2.75, 3.05) is 20.2 Å². The number of methoxy groups -OCH3 is 1. The highest BCUT2D eigenvalue weighted by atomic mass is 16.5. The fourth-order valence-corrected chi connectivity index (χ4v) is 2.99. The van der Waals surface area contributed by atoms with E-state index in [1.807, 2.05) is 0 Å². The topological polar surface area (TPSA) is 36.3 Å². The number of likely N-dealkylation sites (tertiary alicyclic amines) is 1. The van der Waals surface area contributed by atoms with Crippen LogP contribution in [0.25, 0.3) is 0 Å². The summed E-state index contributed by atoms with van der Waals surface area (Å²) in [6, 6.07) is 0. The Labute approximate surface area is 98.7 Å². The lowest BCUT2D eigenvalue weighted by atomic mass is 9.78. The summed E-state index contributed by atoms with van der Waals surface area (Å²) in [5.41, 5.74) is -0.267. The number of nitrogens with one attached hydrogen (secondary N) is 1. The molecule has 2 aliphatic rings. The van der Waals surface area contributed by atoms with Gasteiger partial charge < -0.3 is 9.64 Å². The zero-order valence-corrected chi connectivity index (χ0v) is 10.6. The predicted molar refractivity (Wildman–Crippen MR) is 65.9 cm³/mol. The van der Waals surface area contributed by atoms with Gasteiger partial charge in [0.25, 0.3) is 0 Å². The average Bonchev–Trinajstić information content (AvgIpc) is 2.83. The minimum Gasteiger partial charge on any atom is -0.370 e. The van der Waals surface area contributed by atoms with E-state index in [4.69, 9.17) is 10.1 Å². The van der Waals surface area contributed by atoms with Gasteiger partial charge in [0, 0.05) is 20.2 Å². The third kappa shape index (κ3) is 2.10. The quantitative estimate of drug-likeness (QED) is 0.578. The van der Waals surface area contributed by atoms with Crippen molar-refractivity contribution in [3.63, 3.8) is 0 Å². The first kappa shape index (κ1) is 11.9. The van der Waals surface area contributed by atoms with Gasteiger partial charge in [0.1, 0.15) is 11.4 Å². The van der Waals surface area contributed by atoms with E-state index in [9.17, 15) is 0 Å². The second-order valence-electron chi connectivity index (χ2n) is 5.42. The van der Waals surface area contributed by atoms with Crippen LogP contribution < -0.4 is 0 Å². The summed E-state index contributed by atoms with van der Waals surface area (Å²) in [6.45, 7) is 4.41. The van der Waals surface area contributed by atoms with Crippen molar-refractivity contribution in [1.82, 2.24) is 4.90 Å². The lowest BCUT2D eigenvalue weighted by Crippen LogP contribution is -2.50. The van der Waals surface area contributed by atoms with Crippen molar-refractivity contribution in [1.29, 1.82) is 5.41 Å². The van der Waals surface area contributed by atoms with Crippen LogP contribution in [0.15, 0.2) is 0 Å². The van der Waals surface area contributed by atoms with Gasteiger partial charge in [0.2, 0.25) is 0 Å². The molecule has 1 aliphatic heterocycles. The molecule has 3 heteroatoms. The van der Waals surface area contributed by atoms with Gasteiger partial charge in [-0.05, 0) is 44.4 Å². The Morgan fingerprint density at radius 3 is 2.31 bits per heavy atom. The van der Waals surface area contributed by atoms with Gasteiger partial charge in [-0.15, -0.1) is 0 Å². The van der Waals surface area contributed by atoms with Crippen LogP contribution in [0.1, 0.15) is 45.4 Å². The van der Waals surface area contributed by atoms with E-state index in [0.29, 0.717) is 0 Å². The van der Waals surface area contributed by atoms with Crippen LogP contribution in [-0.2, 0) is 4.74 Å². The zero-order valence-electron chi connectivity index (χ0n) is 10.6. The summed E-state index contributed by atoms with van der Waals surface area (Å²) >= 11 is 0. The molecule has 0 aromatic rings. The van der Waals surface area contributed by atoms with Gasteiger partial charge in [0.15, 0.2) is 0 Å². The third-order valence-corrected chi connectivity index (χ3v) is 4.33. The molecule has 0 bridgehead atoms. The molecule has 2 rings (SSSR count). The first-order valence-electron chi connectivity index (χ1n) is 6.57. The Morgan fingerprint density at radius 2 is 1.81 bits per heavy atom. The maximum Gasteiger partial charge on any atom is 0.129 e. The van der Waals surface area contributed by atoms with Crippen LogP contribution in [0.3, 0.4) is 0 Å². The molecule has 3 nitrogen and oxygen atoms in total. The minimum absolute atomic E-state index is 0.267. The van der Waals surface area contributed by atoms with E-state index in [1.54, 1.807) is 7.11 Å². The summed E-state index contributed by atoms with van der Waals surface area (Å²) in [6.07, 6.45) is 6.92. The van der Waals surface area contributed by atoms with Gasteiger partial charge in [-0.1, -0.05) is 6.92 Å². The molecule has 0 atom stereocenters. The van der Waals surface area contributed by atoms with Gasteiger partial charge in [-0.2, -0.15) is 0 Å². The molecule has 1 heterocycles. The van der Waals surface area contributed by atoms with Gasteiger partial charge in [0.05, 0.1) is 0 Å². The van der Waals surface area contributed by atoms with E-state index >= 15 is 0 Å². The molecular formula is C13H24N2O. The van der Waals surface area contributed by atoms with Crippen molar-refractivity contribution in [2.24, 2.45) is 5.92 Å². The largest absolute Gasteiger partial charge is 0.370 e. The summed E-state index contributed by atoms with van der Waals surface area (Å²) in [5.74, 6) is 1.55. The monoisotopic (exact) mass is 224 g/mol. The standard InChI is InChI=1S/C13H24N2O/c1-11-5-7-13(16-2,8-6-11)12(14)15-9-3-4-10-15/h11,14H,3-10H2,1-2H3. The lowest BCUT2D eigenvalue weighted by Gasteiger charge is -2.41. The van der Waals surface area contributed by atoms with Crippen molar-refractivity contribution >= 4 is 5.84 Å². The molecule has 1 saturated carbocycles. The molecule has 0 aromatic heterocycles. The number of hydrogen-bond donors (Lipinski definition) is 1. The summed E-state index contributed by atoms with van der Waals surface area (Å²) in [7, 11) is 1.78. The minimum atomic E-state index is -0.267. The van der Waals surface area contributed by atoms with Crippen LogP contribution in [0.2, 0.25) is 0 Å². The van der Waals surface area contributed by atoms with Crippen LogP contribution in [0, 0.1) is 11.3 Å². The smallest absolute Gasteiger partial charge is 0.129 e. The number of nitrogens with zero attached hydrogens (tertiary/aromatic N) is 1. The molecule has 16 heavy (non-hydrogen) atoms. The normalized spacial score (nSPS) is 35.4. The highest BCUT2D eigenvalue weighted by Crippen LogP contribution is 2.36. The number of amidine groups is 1. The van der Waals surface area contributed by atoms with Crippen molar-refractivity contribution in [3.05, 3.63) is 0 Å². The fraction of sp³-hybridized carbons (Fsp3) is 0.923. The van der Waals surface area contributed by atoms with E-state index in [2.05, 4.69) is 11.8 Å². The maximum atomic E-state index is 8.40. The molecular weight excluding hydrogens is 200 g/mol. The molecule has 0 unspecified atom stereocenters. The lowest BCUT2D eigenvalue weighted by molar-refractivity contribution is -0.000177. The molecule has 0 aromatic carbocycles. The van der Waals surface area contributed by atoms with Gasteiger partial charge in [-0.3, -0.25) is 5.41 Å². The Hall–Kier alpha value is -0.570. The Balaban J connectivity index is 2.05. The van der Waals surface area contributed by atoms with Crippen LogP contribution in [0.5, 0.6) is 0 Å². The van der Waals surface area contributed by atoms with Gasteiger partial charge >= 0.3 is 0 Å². The van der Waals surface area contributed by atoms with Crippen LogP contribution in [0.4, 0.5) is 0 Å². The Kier molecular flexibility index (Phi) is 3.53. The molecule has 1 saturated heterocycles. The first-order chi connectivity index (χ1) is 7.68. The van der Waals surface area contributed by atoms with Crippen LogP contribution in [-0.4, -0.2) is 36.5 Å². The Bertz CT molecular complexity index is 251. The van der Waals surface area contributed by atoms with E-state index in [-0.39, 0.29) is 5.60 Å². The second-order valence-corrected chi connectivity index (χ2v) is 5.42. The highest BCUT2D eigenvalue weighted by Gasteiger charge is 2.41. The summed E-state index contributed by atoms with van der Waals surface area (Å²) < 4.78 is 5.74. The first-order valence-corrected chi connectivity index (χ1v) is 6.57. The van der Waals surface area contributed by atoms with E-state index in [0.717, 1.165) is 37.7 Å². The fourth-order valence-electron chi connectivity index (χ4n) is 2.99. The molecule has 92 valence electrons. The SMILES string of the molecule is COC1(C(=N)N2CCCC2)CCC(C)CC1. The third-order valence-electron chi connectivity index (χ3n) is 4.33. The van der Waals surface area contributed by atoms with Crippen molar-refractivity contribution in [2.45, 2.75) is 51.0 Å². The number of ether oxygens (including phenoxy) is 1. The van der Waals surface area contributed by atoms with E-state index < -0.39 is 0 Å². The van der Waals surface area contributed by atoms with Crippen molar-refractivity contribution in [3.8, 4) is 0 Å². The second kappa shape index (κ2) is 4.74. The van der Waals surface area contributed by atoms with Gasteiger partial charge in [-0.25, -0.2) is 0 Å². The number of hydrogen-bond acceptors (Lipinski definition) is 2. The van der Waals surface area contributed by atoms with E-state index in [1.165, 1.54) is 25.7 Å². The summed E-state index contributed by atoms with van der Waals surface area (Å²) in [4.78, 5) is 2.22. The maximum absolute atomic E-state index is 8.40. The molecule has 0 spiro atoms. The average molecular weight is 224 g/mol.